The average molecular weight is 459 g/mol. The number of ether oxygens (including phenoxy) is 1. The van der Waals surface area contributed by atoms with Crippen LogP contribution in [0.2, 0.25) is 5.02 Å². The molecular formula is C24H21ClF2N2O3. The summed E-state index contributed by atoms with van der Waals surface area (Å²) in [6.07, 6.45) is 6.46. The second-order valence-electron chi connectivity index (χ2n) is 6.83. The molecule has 0 atom stereocenters. The fourth-order valence-electron chi connectivity index (χ4n) is 3.22. The van der Waals surface area contributed by atoms with Crippen LogP contribution in [-0.2, 0) is 11.3 Å². The second kappa shape index (κ2) is 10.2. The van der Waals surface area contributed by atoms with Crippen molar-refractivity contribution in [2.45, 2.75) is 20.1 Å². The molecule has 3 rings (SSSR count). The summed E-state index contributed by atoms with van der Waals surface area (Å²) < 4.78 is 31.4. The summed E-state index contributed by atoms with van der Waals surface area (Å²) >= 11 is 5.91. The normalized spacial score (nSPS) is 12.3. The lowest BCUT2D eigenvalue weighted by atomic mass is 10.1. The van der Waals surface area contributed by atoms with Crippen LogP contribution in [0, 0.1) is 0 Å². The number of aromatic nitrogens is 1. The summed E-state index contributed by atoms with van der Waals surface area (Å²) in [5.74, 6) is -1.09. The summed E-state index contributed by atoms with van der Waals surface area (Å²) in [6, 6.07) is 12.2. The molecule has 0 amide bonds. The lowest BCUT2D eigenvalue weighted by Gasteiger charge is -2.12. The van der Waals surface area contributed by atoms with Crippen molar-refractivity contribution >= 4 is 39.8 Å². The average Bonchev–Trinajstić information content (AvgIpc) is 3.15. The zero-order valence-electron chi connectivity index (χ0n) is 17.2. The molecule has 0 saturated heterocycles. The number of aromatic carboxylic acids is 1. The summed E-state index contributed by atoms with van der Waals surface area (Å²) in [6.45, 7) is 2.84. The molecule has 166 valence electrons. The van der Waals surface area contributed by atoms with E-state index in [1.165, 1.54) is 18.2 Å². The minimum atomic E-state index is -2.92. The number of carboxylic acids is 1. The number of hydrogen-bond acceptors (Lipinski definition) is 3. The highest BCUT2D eigenvalue weighted by atomic mass is 35.5. The lowest BCUT2D eigenvalue weighted by molar-refractivity contribution is -0.0920. The zero-order valence-corrected chi connectivity index (χ0v) is 17.9. The van der Waals surface area contributed by atoms with Crippen molar-refractivity contribution in [1.29, 1.82) is 0 Å². The van der Waals surface area contributed by atoms with E-state index in [1.54, 1.807) is 12.1 Å². The molecule has 3 aromatic rings. The van der Waals surface area contributed by atoms with Crippen LogP contribution in [0.25, 0.3) is 10.9 Å². The Morgan fingerprint density at radius 1 is 1.28 bits per heavy atom. The number of hydrogen-bond donors (Lipinski definition) is 2. The minimum absolute atomic E-state index is 0.00625. The van der Waals surface area contributed by atoms with Crippen LogP contribution in [0.1, 0.15) is 17.3 Å². The van der Waals surface area contributed by atoms with E-state index in [9.17, 15) is 18.7 Å². The van der Waals surface area contributed by atoms with E-state index in [0.29, 0.717) is 22.9 Å². The molecule has 0 radical (unpaired) electrons. The number of anilines is 2. The van der Waals surface area contributed by atoms with E-state index in [1.807, 2.05) is 48.0 Å². The summed E-state index contributed by atoms with van der Waals surface area (Å²) in [5.41, 5.74) is 2.91. The monoisotopic (exact) mass is 458 g/mol. The highest BCUT2D eigenvalue weighted by molar-refractivity contribution is 6.31. The van der Waals surface area contributed by atoms with Gasteiger partial charge in [0.2, 0.25) is 0 Å². The molecule has 8 heteroatoms. The fourth-order valence-corrected chi connectivity index (χ4v) is 3.39. The van der Waals surface area contributed by atoms with Crippen molar-refractivity contribution in [2.75, 3.05) is 5.32 Å². The van der Waals surface area contributed by atoms with Crippen LogP contribution >= 0.6 is 11.6 Å². The number of nitrogens with one attached hydrogen (secondary N) is 1. The van der Waals surface area contributed by atoms with Gasteiger partial charge in [-0.05, 0) is 67.1 Å². The van der Waals surface area contributed by atoms with Crippen LogP contribution in [0.15, 0.2) is 84.8 Å². The molecule has 0 aliphatic rings. The van der Waals surface area contributed by atoms with E-state index in [0.717, 1.165) is 16.5 Å². The fraction of sp³-hybridized carbons (Fsp3) is 0.125. The standard InChI is InChI=1S/C24H21ClF2N2O3/c1-3-15(11-19(4-2)32-24(26)27)14-29-10-9-16-12-18(6-8-22(16)29)28-21-7-5-17(25)13-20(21)23(30)31/h3-13,24,28H,2,14H2,1H3,(H,30,31)/b15-3+,19-11+. The maximum atomic E-state index is 12.5. The number of fused-ring (bicyclic) bond motifs is 1. The largest absolute Gasteiger partial charge is 0.478 e. The topological polar surface area (TPSA) is 63.5 Å². The van der Waals surface area contributed by atoms with Gasteiger partial charge >= 0.3 is 12.6 Å². The molecule has 0 bridgehead atoms. The van der Waals surface area contributed by atoms with Crippen molar-refractivity contribution in [2.24, 2.45) is 0 Å². The van der Waals surface area contributed by atoms with Gasteiger partial charge in [-0.25, -0.2) is 4.79 Å². The molecule has 0 aliphatic carbocycles. The Morgan fingerprint density at radius 3 is 2.72 bits per heavy atom. The Balaban J connectivity index is 1.84. The molecule has 0 fully saturated rings. The third-order valence-electron chi connectivity index (χ3n) is 4.74. The Morgan fingerprint density at radius 2 is 2.06 bits per heavy atom. The molecule has 1 heterocycles. The molecule has 32 heavy (non-hydrogen) atoms. The smallest absolute Gasteiger partial charge is 0.387 e. The Labute approximate surface area is 188 Å². The van der Waals surface area contributed by atoms with Gasteiger partial charge in [0, 0.05) is 34.4 Å². The van der Waals surface area contributed by atoms with E-state index in [2.05, 4.69) is 16.6 Å². The van der Waals surface area contributed by atoms with Gasteiger partial charge < -0.3 is 19.7 Å². The van der Waals surface area contributed by atoms with Crippen molar-refractivity contribution in [3.05, 3.63) is 95.4 Å². The number of carbonyl (C=O) groups is 1. The van der Waals surface area contributed by atoms with E-state index >= 15 is 0 Å². The molecular weight excluding hydrogens is 438 g/mol. The van der Waals surface area contributed by atoms with Crippen molar-refractivity contribution in [1.82, 2.24) is 4.57 Å². The van der Waals surface area contributed by atoms with E-state index < -0.39 is 12.6 Å². The van der Waals surface area contributed by atoms with E-state index in [-0.39, 0.29) is 11.3 Å². The van der Waals surface area contributed by atoms with Crippen molar-refractivity contribution in [3.63, 3.8) is 0 Å². The van der Waals surface area contributed by atoms with Crippen molar-refractivity contribution < 1.29 is 23.4 Å². The first-order chi connectivity index (χ1) is 15.3. The number of nitrogens with zero attached hydrogens (tertiary/aromatic N) is 1. The van der Waals surface area contributed by atoms with Crippen LogP contribution < -0.4 is 5.32 Å². The van der Waals surface area contributed by atoms with Gasteiger partial charge in [0.15, 0.2) is 0 Å². The number of alkyl halides is 2. The van der Waals surface area contributed by atoms with Gasteiger partial charge in [-0.1, -0.05) is 24.3 Å². The maximum absolute atomic E-state index is 12.5. The van der Waals surface area contributed by atoms with Crippen LogP contribution in [-0.4, -0.2) is 22.3 Å². The van der Waals surface area contributed by atoms with Crippen molar-refractivity contribution in [3.8, 4) is 0 Å². The predicted molar refractivity (Wildman–Crippen MR) is 123 cm³/mol. The number of rotatable bonds is 9. The first-order valence-corrected chi connectivity index (χ1v) is 10.0. The maximum Gasteiger partial charge on any atom is 0.387 e. The first kappa shape index (κ1) is 23.1. The van der Waals surface area contributed by atoms with Gasteiger partial charge in [-0.2, -0.15) is 8.78 Å². The molecule has 2 N–H and O–H groups in total. The molecule has 0 spiro atoms. The summed E-state index contributed by atoms with van der Waals surface area (Å²) in [7, 11) is 0. The van der Waals surface area contributed by atoms with Crippen LogP contribution in [0.5, 0.6) is 0 Å². The Kier molecular flexibility index (Phi) is 7.33. The Bertz CT molecular complexity index is 1220. The number of allylic oxidation sites excluding steroid dienone is 4. The molecule has 0 saturated carbocycles. The molecule has 5 nitrogen and oxygen atoms in total. The van der Waals surface area contributed by atoms with Gasteiger partial charge in [0.1, 0.15) is 5.76 Å². The molecule has 0 aliphatic heterocycles. The minimum Gasteiger partial charge on any atom is -0.478 e. The van der Waals surface area contributed by atoms with Crippen LogP contribution in [0.3, 0.4) is 0 Å². The number of halogens is 3. The van der Waals surface area contributed by atoms with Gasteiger partial charge in [0.25, 0.3) is 0 Å². The molecule has 2 aromatic carbocycles. The van der Waals surface area contributed by atoms with Crippen LogP contribution in [0.4, 0.5) is 20.2 Å². The first-order valence-electron chi connectivity index (χ1n) is 9.63. The summed E-state index contributed by atoms with van der Waals surface area (Å²) in [5, 5.41) is 13.8. The SMILES string of the molecule is C=C/C(=C\C(=C/C)Cn1ccc2cc(Nc3ccc(Cl)cc3C(=O)O)ccc21)OC(F)F. The highest BCUT2D eigenvalue weighted by Gasteiger charge is 2.12. The second-order valence-corrected chi connectivity index (χ2v) is 7.27. The number of benzene rings is 2. The molecule has 0 unspecified atom stereocenters. The van der Waals surface area contributed by atoms with E-state index in [4.69, 9.17) is 11.6 Å². The lowest BCUT2D eigenvalue weighted by Crippen LogP contribution is -2.03. The predicted octanol–water partition coefficient (Wildman–Crippen LogP) is 6.99. The number of carboxylic acid groups (broad SMARTS) is 1. The quantitative estimate of drug-likeness (QED) is 0.268. The molecule has 1 aromatic heterocycles. The zero-order chi connectivity index (χ0) is 23.3. The Hall–Kier alpha value is -3.58. The van der Waals surface area contributed by atoms with Gasteiger partial charge in [-0.3, -0.25) is 0 Å². The third-order valence-corrected chi connectivity index (χ3v) is 4.97. The third kappa shape index (κ3) is 5.56. The summed E-state index contributed by atoms with van der Waals surface area (Å²) in [4.78, 5) is 11.5. The van der Waals surface area contributed by atoms with Gasteiger partial charge in [0.05, 0.1) is 11.3 Å². The highest BCUT2D eigenvalue weighted by Crippen LogP contribution is 2.27. The van der Waals surface area contributed by atoms with Gasteiger partial charge in [-0.15, -0.1) is 0 Å².